The average Bonchev–Trinajstić information content (AvgIpc) is 2.43. The molecule has 1 aromatic carbocycles. The van der Waals surface area contributed by atoms with Gasteiger partial charge in [0.2, 0.25) is 0 Å². The molecular formula is C15H21F2NO3S. The van der Waals surface area contributed by atoms with Crippen LogP contribution in [0.3, 0.4) is 0 Å². The molecule has 0 spiro atoms. The maximum atomic E-state index is 14.0. The molecule has 22 heavy (non-hydrogen) atoms. The van der Waals surface area contributed by atoms with E-state index in [0.29, 0.717) is 12.3 Å². The molecule has 0 radical (unpaired) electrons. The molecule has 0 amide bonds. The fraction of sp³-hybridized carbons (Fsp3) is 0.600. The van der Waals surface area contributed by atoms with Crippen LogP contribution in [0.4, 0.5) is 8.78 Å². The molecule has 4 nitrogen and oxygen atoms in total. The average molecular weight is 333 g/mol. The van der Waals surface area contributed by atoms with Gasteiger partial charge < -0.3 is 4.74 Å². The van der Waals surface area contributed by atoms with E-state index in [1.807, 2.05) is 4.90 Å². The monoisotopic (exact) mass is 333 g/mol. The van der Waals surface area contributed by atoms with Gasteiger partial charge in [-0.3, -0.25) is 4.90 Å². The number of piperidine rings is 1. The van der Waals surface area contributed by atoms with E-state index in [1.54, 1.807) is 0 Å². The second kappa shape index (κ2) is 6.91. The van der Waals surface area contributed by atoms with Gasteiger partial charge in [0, 0.05) is 24.9 Å². The van der Waals surface area contributed by atoms with Crippen molar-refractivity contribution in [1.29, 1.82) is 0 Å². The van der Waals surface area contributed by atoms with Crippen LogP contribution in [-0.4, -0.2) is 45.5 Å². The summed E-state index contributed by atoms with van der Waals surface area (Å²) in [5.74, 6) is -1.33. The van der Waals surface area contributed by atoms with E-state index in [1.165, 1.54) is 19.4 Å². The van der Waals surface area contributed by atoms with Crippen LogP contribution in [-0.2, 0) is 16.4 Å². The van der Waals surface area contributed by atoms with E-state index in [-0.39, 0.29) is 23.8 Å². The van der Waals surface area contributed by atoms with Crippen molar-refractivity contribution in [3.05, 3.63) is 29.3 Å². The number of ether oxygens (including phenoxy) is 1. The lowest BCUT2D eigenvalue weighted by Crippen LogP contribution is -2.37. The molecular weight excluding hydrogens is 312 g/mol. The lowest BCUT2D eigenvalue weighted by molar-refractivity contribution is 0.173. The molecule has 1 aliphatic heterocycles. The van der Waals surface area contributed by atoms with Crippen molar-refractivity contribution < 1.29 is 21.9 Å². The minimum atomic E-state index is -3.03. The Morgan fingerprint density at radius 3 is 2.73 bits per heavy atom. The Kier molecular flexibility index (Phi) is 5.39. The Labute approximate surface area is 130 Å². The van der Waals surface area contributed by atoms with Crippen molar-refractivity contribution in [3.63, 3.8) is 0 Å². The molecule has 0 aliphatic carbocycles. The molecule has 1 aliphatic rings. The number of nitrogens with zero attached hydrogens (tertiary/aromatic N) is 1. The Morgan fingerprint density at radius 2 is 2.09 bits per heavy atom. The maximum Gasteiger partial charge on any atom is 0.167 e. The number of rotatable bonds is 5. The molecule has 1 fully saturated rings. The summed E-state index contributed by atoms with van der Waals surface area (Å²) in [5.41, 5.74) is 0.183. The first kappa shape index (κ1) is 17.1. The molecule has 0 unspecified atom stereocenters. The third kappa shape index (κ3) is 4.39. The summed E-state index contributed by atoms with van der Waals surface area (Å²) >= 11 is 0. The fourth-order valence-electron chi connectivity index (χ4n) is 3.00. The molecule has 124 valence electrons. The first-order valence-corrected chi connectivity index (χ1v) is 9.27. The van der Waals surface area contributed by atoms with Gasteiger partial charge in [0.15, 0.2) is 11.6 Å². The largest absolute Gasteiger partial charge is 0.496 e. The number of hydrogen-bond acceptors (Lipinski definition) is 4. The van der Waals surface area contributed by atoms with Gasteiger partial charge in [0.05, 0.1) is 12.9 Å². The van der Waals surface area contributed by atoms with E-state index in [0.717, 1.165) is 25.5 Å². The standard InChI is InChI=1S/C15H21F2NO3S/c1-21-14-6-5-13(16)15(17)12(14)9-18-7-3-4-11(8-18)10-22(2,19)20/h5-6,11H,3-4,7-10H2,1-2H3/t11-/m1/s1. The Bertz CT molecular complexity index is 634. The van der Waals surface area contributed by atoms with Gasteiger partial charge in [0.1, 0.15) is 15.6 Å². The van der Waals surface area contributed by atoms with Crippen molar-refractivity contribution >= 4 is 9.84 Å². The number of hydrogen-bond donors (Lipinski definition) is 0. The van der Waals surface area contributed by atoms with Gasteiger partial charge in [-0.2, -0.15) is 0 Å². The van der Waals surface area contributed by atoms with Gasteiger partial charge in [-0.15, -0.1) is 0 Å². The van der Waals surface area contributed by atoms with Crippen molar-refractivity contribution in [2.75, 3.05) is 32.2 Å². The predicted octanol–water partition coefficient (Wildman–Crippen LogP) is 2.23. The molecule has 0 bridgehead atoms. The van der Waals surface area contributed by atoms with Crippen LogP contribution in [0.2, 0.25) is 0 Å². The highest BCUT2D eigenvalue weighted by molar-refractivity contribution is 7.90. The summed E-state index contributed by atoms with van der Waals surface area (Å²) in [6.45, 7) is 1.51. The molecule has 2 rings (SSSR count). The second-order valence-electron chi connectivity index (χ2n) is 5.88. The molecule has 0 N–H and O–H groups in total. The first-order valence-electron chi connectivity index (χ1n) is 7.21. The Morgan fingerprint density at radius 1 is 1.36 bits per heavy atom. The Hall–Kier alpha value is -1.21. The summed E-state index contributed by atoms with van der Waals surface area (Å²) in [6, 6.07) is 2.45. The van der Waals surface area contributed by atoms with Crippen LogP contribution >= 0.6 is 0 Å². The minimum absolute atomic E-state index is 0.0337. The van der Waals surface area contributed by atoms with Gasteiger partial charge in [-0.1, -0.05) is 0 Å². The fourth-order valence-corrected chi connectivity index (χ4v) is 4.12. The highest BCUT2D eigenvalue weighted by Crippen LogP contribution is 2.27. The molecule has 1 atom stereocenters. The number of likely N-dealkylation sites (tertiary alicyclic amines) is 1. The summed E-state index contributed by atoms with van der Waals surface area (Å²) < 4.78 is 55.3. The van der Waals surface area contributed by atoms with Crippen LogP contribution in [0.15, 0.2) is 12.1 Å². The van der Waals surface area contributed by atoms with E-state index in [9.17, 15) is 17.2 Å². The van der Waals surface area contributed by atoms with Crippen molar-refractivity contribution in [2.45, 2.75) is 19.4 Å². The highest BCUT2D eigenvalue weighted by atomic mass is 32.2. The number of halogens is 2. The first-order chi connectivity index (χ1) is 10.3. The number of methoxy groups -OCH3 is 1. The summed E-state index contributed by atoms with van der Waals surface area (Å²) in [7, 11) is -1.62. The molecule has 1 heterocycles. The summed E-state index contributed by atoms with van der Waals surface area (Å²) in [5, 5.41) is 0. The maximum absolute atomic E-state index is 14.0. The van der Waals surface area contributed by atoms with Crippen LogP contribution in [0, 0.1) is 17.6 Å². The van der Waals surface area contributed by atoms with Gasteiger partial charge in [-0.05, 0) is 37.4 Å². The summed E-state index contributed by atoms with van der Waals surface area (Å²) in [6.07, 6.45) is 2.91. The number of benzene rings is 1. The van der Waals surface area contributed by atoms with Crippen molar-refractivity contribution in [3.8, 4) is 5.75 Å². The van der Waals surface area contributed by atoms with E-state index < -0.39 is 21.5 Å². The molecule has 1 saturated heterocycles. The van der Waals surface area contributed by atoms with Crippen LogP contribution in [0.5, 0.6) is 5.75 Å². The third-order valence-corrected chi connectivity index (χ3v) is 4.97. The quantitative estimate of drug-likeness (QED) is 0.829. The minimum Gasteiger partial charge on any atom is -0.496 e. The van der Waals surface area contributed by atoms with E-state index in [4.69, 9.17) is 4.74 Å². The zero-order chi connectivity index (χ0) is 16.3. The van der Waals surface area contributed by atoms with Crippen LogP contribution < -0.4 is 4.74 Å². The van der Waals surface area contributed by atoms with Gasteiger partial charge in [-0.25, -0.2) is 17.2 Å². The van der Waals surface area contributed by atoms with Crippen LogP contribution in [0.25, 0.3) is 0 Å². The normalized spacial score (nSPS) is 20.1. The molecule has 0 aromatic heterocycles. The third-order valence-electron chi connectivity index (χ3n) is 3.90. The highest BCUT2D eigenvalue weighted by Gasteiger charge is 2.25. The molecule has 1 aromatic rings. The van der Waals surface area contributed by atoms with E-state index in [2.05, 4.69) is 0 Å². The summed E-state index contributed by atoms with van der Waals surface area (Å²) in [4.78, 5) is 1.96. The smallest absolute Gasteiger partial charge is 0.167 e. The number of sulfone groups is 1. The topological polar surface area (TPSA) is 46.6 Å². The zero-order valence-corrected chi connectivity index (χ0v) is 13.6. The predicted molar refractivity (Wildman–Crippen MR) is 80.6 cm³/mol. The van der Waals surface area contributed by atoms with Crippen LogP contribution in [0.1, 0.15) is 18.4 Å². The van der Waals surface area contributed by atoms with E-state index >= 15 is 0 Å². The van der Waals surface area contributed by atoms with Crippen molar-refractivity contribution in [1.82, 2.24) is 4.90 Å². The van der Waals surface area contributed by atoms with Gasteiger partial charge in [0.25, 0.3) is 0 Å². The Balaban J connectivity index is 2.12. The SMILES string of the molecule is COc1ccc(F)c(F)c1CN1CCC[C@@H](CS(C)(=O)=O)C1. The zero-order valence-electron chi connectivity index (χ0n) is 12.8. The lowest BCUT2D eigenvalue weighted by atomic mass is 9.99. The van der Waals surface area contributed by atoms with Crippen molar-refractivity contribution in [2.24, 2.45) is 5.92 Å². The molecule has 0 saturated carbocycles. The molecule has 7 heteroatoms. The van der Waals surface area contributed by atoms with Gasteiger partial charge >= 0.3 is 0 Å². The lowest BCUT2D eigenvalue weighted by Gasteiger charge is -2.32. The second-order valence-corrected chi connectivity index (χ2v) is 8.06.